The first-order valence-corrected chi connectivity index (χ1v) is 4.56. The number of hydrogen-bond acceptors (Lipinski definition) is 3. The number of aromatic carboxylic acids is 1. The second kappa shape index (κ2) is 4.23. The van der Waals surface area contributed by atoms with Gasteiger partial charge in [0.25, 0.3) is 0 Å². The molecule has 0 aliphatic carbocycles. The first-order valence-electron chi connectivity index (χ1n) is 3.48. The maximum atomic E-state index is 10.6. The molecule has 1 aromatic rings. The molecule has 1 heterocycles. The smallest absolute Gasteiger partial charge is 0.340 e. The Kier molecular flexibility index (Phi) is 3.25. The van der Waals surface area contributed by atoms with Gasteiger partial charge in [-0.15, -0.1) is 0 Å². The van der Waals surface area contributed by atoms with E-state index in [9.17, 15) is 4.79 Å². The van der Waals surface area contributed by atoms with Gasteiger partial charge in [0.15, 0.2) is 0 Å². The minimum atomic E-state index is -0.993. The predicted octanol–water partition coefficient (Wildman–Crippen LogP) is 1.10. The maximum Gasteiger partial charge on any atom is 0.340 e. The zero-order chi connectivity index (χ0) is 9.84. The number of hydrogen-bond donors (Lipinski definition) is 1. The molecule has 0 saturated heterocycles. The van der Waals surface area contributed by atoms with E-state index in [-0.39, 0.29) is 5.56 Å². The molecule has 0 radical (unpaired) electrons. The fourth-order valence-corrected chi connectivity index (χ4v) is 1.56. The van der Waals surface area contributed by atoms with Gasteiger partial charge in [-0.3, -0.25) is 4.68 Å². The normalized spacial score (nSPS) is 9.54. The maximum absolute atomic E-state index is 10.6. The highest BCUT2D eigenvalue weighted by Gasteiger charge is 2.13. The average molecular weight is 291 g/mol. The van der Waals surface area contributed by atoms with Crippen LogP contribution in [0.4, 0.5) is 0 Å². The van der Waals surface area contributed by atoms with Crippen molar-refractivity contribution in [2.24, 2.45) is 0 Å². The highest BCUT2D eigenvalue weighted by atomic mass is 127. The number of carboxylic acids is 1. The Hall–Kier alpha value is -1.10. The molecule has 13 heavy (non-hydrogen) atoms. The summed E-state index contributed by atoms with van der Waals surface area (Å²) in [7, 11) is 0. The number of halogens is 1. The minimum Gasteiger partial charge on any atom is -0.478 e. The number of rotatable bonds is 3. The number of nitrogens with zero attached hydrogens (tertiary/aromatic N) is 3. The van der Waals surface area contributed by atoms with Crippen LogP contribution in [0.2, 0.25) is 0 Å². The molecule has 0 bridgehead atoms. The van der Waals surface area contributed by atoms with Gasteiger partial charge in [-0.05, 0) is 22.6 Å². The summed E-state index contributed by atoms with van der Waals surface area (Å²) in [5.41, 5.74) is 0.179. The molecule has 68 valence electrons. The van der Waals surface area contributed by atoms with Crippen molar-refractivity contribution in [2.75, 3.05) is 0 Å². The predicted molar refractivity (Wildman–Crippen MR) is 52.1 cm³/mol. The molecular weight excluding hydrogens is 285 g/mol. The zero-order valence-electron chi connectivity index (χ0n) is 6.57. The highest BCUT2D eigenvalue weighted by molar-refractivity contribution is 14.1. The summed E-state index contributed by atoms with van der Waals surface area (Å²) in [6.45, 7) is 0.433. The van der Waals surface area contributed by atoms with Crippen LogP contribution in [-0.4, -0.2) is 20.9 Å². The van der Waals surface area contributed by atoms with Gasteiger partial charge in [-0.2, -0.15) is 10.4 Å². The lowest BCUT2D eigenvalue weighted by molar-refractivity contribution is 0.0695. The second-order valence-electron chi connectivity index (χ2n) is 2.29. The van der Waals surface area contributed by atoms with E-state index in [0.29, 0.717) is 16.7 Å². The molecule has 0 aliphatic rings. The molecule has 1 rings (SSSR count). The minimum absolute atomic E-state index is 0.179. The van der Waals surface area contributed by atoms with E-state index in [1.54, 1.807) is 0 Å². The van der Waals surface area contributed by atoms with Crippen LogP contribution in [0, 0.1) is 15.0 Å². The van der Waals surface area contributed by atoms with Gasteiger partial charge in [0.2, 0.25) is 0 Å². The second-order valence-corrected chi connectivity index (χ2v) is 3.31. The SMILES string of the molecule is N#CCCn1ncc(C(=O)O)c1I. The molecular formula is C7H6IN3O2. The molecule has 0 atom stereocenters. The fraction of sp³-hybridized carbons (Fsp3) is 0.286. The molecule has 0 amide bonds. The number of carbonyl (C=O) groups is 1. The molecule has 1 N–H and O–H groups in total. The Labute approximate surface area is 88.1 Å². The molecule has 1 aromatic heterocycles. The first-order chi connectivity index (χ1) is 6.16. The van der Waals surface area contributed by atoms with Crippen LogP contribution >= 0.6 is 22.6 Å². The van der Waals surface area contributed by atoms with Crippen molar-refractivity contribution in [1.82, 2.24) is 9.78 Å². The van der Waals surface area contributed by atoms with E-state index < -0.39 is 5.97 Å². The van der Waals surface area contributed by atoms with Crippen LogP contribution in [0.3, 0.4) is 0 Å². The molecule has 0 spiro atoms. The molecule has 5 nitrogen and oxygen atoms in total. The third-order valence-corrected chi connectivity index (χ3v) is 2.58. The van der Waals surface area contributed by atoms with Crippen molar-refractivity contribution >= 4 is 28.6 Å². The summed E-state index contributed by atoms with van der Waals surface area (Å²) >= 11 is 1.90. The third kappa shape index (κ3) is 2.18. The molecule has 0 saturated carbocycles. The van der Waals surface area contributed by atoms with Crippen LogP contribution < -0.4 is 0 Å². The van der Waals surface area contributed by atoms with Gasteiger partial charge in [-0.1, -0.05) is 0 Å². The summed E-state index contributed by atoms with van der Waals surface area (Å²) < 4.78 is 2.06. The van der Waals surface area contributed by atoms with E-state index in [1.165, 1.54) is 10.9 Å². The lowest BCUT2D eigenvalue weighted by atomic mass is 10.4. The summed E-state index contributed by atoms with van der Waals surface area (Å²) in [6.07, 6.45) is 1.62. The van der Waals surface area contributed by atoms with Crippen LogP contribution in [0.5, 0.6) is 0 Å². The third-order valence-electron chi connectivity index (χ3n) is 1.44. The van der Waals surface area contributed by atoms with Crippen LogP contribution in [0.25, 0.3) is 0 Å². The van der Waals surface area contributed by atoms with Gasteiger partial charge >= 0.3 is 5.97 Å². The molecule has 0 aliphatic heterocycles. The summed E-state index contributed by atoms with van der Waals surface area (Å²) in [6, 6.07) is 1.97. The lowest BCUT2D eigenvalue weighted by Crippen LogP contribution is -2.04. The Morgan fingerprint density at radius 1 is 1.85 bits per heavy atom. The van der Waals surface area contributed by atoms with Crippen LogP contribution in [0.15, 0.2) is 6.20 Å². The first kappa shape index (κ1) is 9.98. The fourth-order valence-electron chi connectivity index (χ4n) is 0.826. The number of carboxylic acid groups (broad SMARTS) is 1. The molecule has 6 heteroatoms. The number of nitriles is 1. The quantitative estimate of drug-likeness (QED) is 0.846. The molecule has 0 aromatic carbocycles. The summed E-state index contributed by atoms with van der Waals surface area (Å²) in [4.78, 5) is 10.6. The van der Waals surface area contributed by atoms with E-state index in [4.69, 9.17) is 10.4 Å². The Balaban J connectivity index is 2.88. The number of aromatic nitrogens is 2. The topological polar surface area (TPSA) is 78.9 Å². The Morgan fingerprint density at radius 3 is 3.00 bits per heavy atom. The summed E-state index contributed by atoms with van der Waals surface area (Å²) in [5, 5.41) is 20.9. The van der Waals surface area contributed by atoms with Gasteiger partial charge in [0.1, 0.15) is 9.26 Å². The van der Waals surface area contributed by atoms with E-state index in [0.717, 1.165) is 0 Å². The largest absolute Gasteiger partial charge is 0.478 e. The lowest BCUT2D eigenvalue weighted by Gasteiger charge is -1.98. The highest BCUT2D eigenvalue weighted by Crippen LogP contribution is 2.11. The van der Waals surface area contributed by atoms with Gasteiger partial charge in [-0.25, -0.2) is 4.79 Å². The van der Waals surface area contributed by atoms with Crippen molar-refractivity contribution in [2.45, 2.75) is 13.0 Å². The van der Waals surface area contributed by atoms with Gasteiger partial charge in [0.05, 0.1) is 25.2 Å². The van der Waals surface area contributed by atoms with Crippen molar-refractivity contribution < 1.29 is 9.90 Å². The standard InChI is InChI=1S/C7H6IN3O2/c8-6-5(7(12)13)4-10-11(6)3-1-2-9/h4H,1,3H2,(H,12,13). The van der Waals surface area contributed by atoms with Crippen molar-refractivity contribution in [3.05, 3.63) is 15.5 Å². The van der Waals surface area contributed by atoms with Gasteiger partial charge in [0, 0.05) is 0 Å². The van der Waals surface area contributed by atoms with Crippen molar-refractivity contribution in [3.63, 3.8) is 0 Å². The molecule has 0 fully saturated rings. The van der Waals surface area contributed by atoms with Crippen LogP contribution in [-0.2, 0) is 6.54 Å². The Morgan fingerprint density at radius 2 is 2.54 bits per heavy atom. The van der Waals surface area contributed by atoms with Crippen molar-refractivity contribution in [1.29, 1.82) is 5.26 Å². The molecule has 0 unspecified atom stereocenters. The summed E-state index contributed by atoms with van der Waals surface area (Å²) in [5.74, 6) is -0.993. The van der Waals surface area contributed by atoms with E-state index in [2.05, 4.69) is 5.10 Å². The average Bonchev–Trinajstić information content (AvgIpc) is 2.43. The van der Waals surface area contributed by atoms with Crippen LogP contribution in [0.1, 0.15) is 16.8 Å². The van der Waals surface area contributed by atoms with Gasteiger partial charge < -0.3 is 5.11 Å². The van der Waals surface area contributed by atoms with E-state index in [1.807, 2.05) is 28.7 Å². The zero-order valence-corrected chi connectivity index (χ0v) is 8.72. The van der Waals surface area contributed by atoms with E-state index >= 15 is 0 Å². The Bertz CT molecular complexity index is 366. The monoisotopic (exact) mass is 291 g/mol. The van der Waals surface area contributed by atoms with Crippen molar-refractivity contribution in [3.8, 4) is 6.07 Å². The number of aryl methyl sites for hydroxylation is 1.